The van der Waals surface area contributed by atoms with Crippen LogP contribution in [-0.2, 0) is 22.8 Å². The summed E-state index contributed by atoms with van der Waals surface area (Å²) in [7, 11) is 0. The summed E-state index contributed by atoms with van der Waals surface area (Å²) in [4.78, 5) is 32.8. The number of fused-ring (bicyclic) bond motifs is 3. The minimum Gasteiger partial charge on any atom is -0.325 e. The van der Waals surface area contributed by atoms with E-state index in [1.807, 2.05) is 38.1 Å². The number of H-pyrrole nitrogens is 1. The van der Waals surface area contributed by atoms with Crippen molar-refractivity contribution in [2.75, 3.05) is 11.1 Å². The fourth-order valence-corrected chi connectivity index (χ4v) is 4.76. The number of nitrogens with zero attached hydrogens (tertiary/aromatic N) is 1. The molecule has 4 rings (SSSR count). The number of benzene rings is 2. The Hall–Kier alpha value is -3.07. The van der Waals surface area contributed by atoms with E-state index in [-0.39, 0.29) is 27.6 Å². The lowest BCUT2D eigenvalue weighted by molar-refractivity contribution is -0.137. The maximum absolute atomic E-state index is 13.0. The molecule has 0 fully saturated rings. The first kappa shape index (κ1) is 23.1. The van der Waals surface area contributed by atoms with Crippen LogP contribution in [0.3, 0.4) is 0 Å². The Morgan fingerprint density at radius 2 is 1.97 bits per heavy atom. The van der Waals surface area contributed by atoms with E-state index in [1.165, 1.54) is 12.1 Å². The molecule has 33 heavy (non-hydrogen) atoms. The lowest BCUT2D eigenvalue weighted by atomic mass is 9.69. The number of nitrogens with one attached hydrogen (secondary N) is 2. The Morgan fingerprint density at radius 1 is 1.21 bits per heavy atom. The second kappa shape index (κ2) is 8.70. The third kappa shape index (κ3) is 4.68. The van der Waals surface area contributed by atoms with Crippen LogP contribution < -0.4 is 10.9 Å². The summed E-state index contributed by atoms with van der Waals surface area (Å²) in [6, 6.07) is 12.3. The van der Waals surface area contributed by atoms with Gasteiger partial charge >= 0.3 is 6.18 Å². The van der Waals surface area contributed by atoms with E-state index in [2.05, 4.69) is 15.3 Å². The molecule has 1 amide bonds. The Morgan fingerprint density at radius 3 is 2.70 bits per heavy atom. The number of aromatic amines is 1. The van der Waals surface area contributed by atoms with E-state index >= 15 is 0 Å². The number of amides is 1. The molecular weight excluding hydrogens is 451 g/mol. The zero-order valence-corrected chi connectivity index (χ0v) is 18.9. The number of rotatable bonds is 5. The highest BCUT2D eigenvalue weighted by atomic mass is 32.2. The molecule has 2 aromatic carbocycles. The average molecular weight is 474 g/mol. The zero-order chi connectivity index (χ0) is 23.8. The number of anilines is 1. The summed E-state index contributed by atoms with van der Waals surface area (Å²) < 4.78 is 38.6. The quantitative estimate of drug-likeness (QED) is 0.384. The van der Waals surface area contributed by atoms with Crippen LogP contribution in [0, 0.1) is 0 Å². The number of hydrogen-bond donors (Lipinski definition) is 2. The highest BCUT2D eigenvalue weighted by Crippen LogP contribution is 2.42. The van der Waals surface area contributed by atoms with Gasteiger partial charge in [-0.1, -0.05) is 55.9 Å². The van der Waals surface area contributed by atoms with E-state index in [9.17, 15) is 22.8 Å². The van der Waals surface area contributed by atoms with Gasteiger partial charge in [0.1, 0.15) is 0 Å². The van der Waals surface area contributed by atoms with Crippen LogP contribution in [0.1, 0.15) is 37.0 Å². The van der Waals surface area contributed by atoms with Crippen molar-refractivity contribution in [2.45, 2.75) is 43.4 Å². The molecule has 2 N–H and O–H groups in total. The average Bonchev–Trinajstić information content (AvgIpc) is 2.77. The van der Waals surface area contributed by atoms with Crippen molar-refractivity contribution in [3.05, 3.63) is 75.6 Å². The van der Waals surface area contributed by atoms with Gasteiger partial charge in [-0.15, -0.1) is 0 Å². The van der Waals surface area contributed by atoms with Gasteiger partial charge in [-0.25, -0.2) is 4.98 Å². The number of aromatic nitrogens is 2. The van der Waals surface area contributed by atoms with Crippen molar-refractivity contribution in [3.63, 3.8) is 0 Å². The maximum Gasteiger partial charge on any atom is 0.416 e. The number of thioether (sulfide) groups is 1. The lowest BCUT2D eigenvalue weighted by Gasteiger charge is -2.34. The minimum atomic E-state index is -4.49. The summed E-state index contributed by atoms with van der Waals surface area (Å²) in [6.07, 6.45) is -2.99. The largest absolute Gasteiger partial charge is 0.416 e. The first-order valence-corrected chi connectivity index (χ1v) is 11.4. The Balaban J connectivity index is 1.56. The molecule has 1 aliphatic rings. The molecule has 0 spiro atoms. The SMILES string of the molecule is CC[C@@]1(C)Cc2ccccc2-c2nc(SCC(=O)Nc3cccc(C(F)(F)F)c3)[nH]c(=O)c21. The normalized spacial score (nSPS) is 17.2. The molecule has 1 heterocycles. The van der Waals surface area contributed by atoms with Gasteiger partial charge in [0.2, 0.25) is 5.91 Å². The van der Waals surface area contributed by atoms with Gasteiger partial charge in [-0.3, -0.25) is 9.59 Å². The van der Waals surface area contributed by atoms with Gasteiger partial charge < -0.3 is 10.3 Å². The van der Waals surface area contributed by atoms with Crippen molar-refractivity contribution in [1.82, 2.24) is 9.97 Å². The Bertz CT molecular complexity index is 1270. The van der Waals surface area contributed by atoms with Gasteiger partial charge in [-0.05, 0) is 36.6 Å². The van der Waals surface area contributed by atoms with Crippen molar-refractivity contribution >= 4 is 23.4 Å². The molecule has 0 unspecified atom stereocenters. The monoisotopic (exact) mass is 473 g/mol. The van der Waals surface area contributed by atoms with Gasteiger partial charge in [-0.2, -0.15) is 13.2 Å². The fraction of sp³-hybridized carbons (Fsp3) is 0.292. The van der Waals surface area contributed by atoms with Gasteiger partial charge in [0.15, 0.2) is 5.16 Å². The lowest BCUT2D eigenvalue weighted by Crippen LogP contribution is -2.36. The van der Waals surface area contributed by atoms with E-state index in [0.29, 0.717) is 11.3 Å². The summed E-state index contributed by atoms with van der Waals surface area (Å²) in [6.45, 7) is 4.09. The third-order valence-electron chi connectivity index (χ3n) is 5.95. The van der Waals surface area contributed by atoms with E-state index in [1.54, 1.807) is 0 Å². The van der Waals surface area contributed by atoms with Gasteiger partial charge in [0.05, 0.1) is 17.0 Å². The Kier molecular flexibility index (Phi) is 6.09. The fourth-order valence-electron chi connectivity index (χ4n) is 4.10. The molecule has 0 bridgehead atoms. The maximum atomic E-state index is 13.0. The summed E-state index contributed by atoms with van der Waals surface area (Å²) in [5.74, 6) is -0.622. The van der Waals surface area contributed by atoms with Crippen LogP contribution in [0.5, 0.6) is 0 Å². The smallest absolute Gasteiger partial charge is 0.325 e. The van der Waals surface area contributed by atoms with Crippen LogP contribution in [0.2, 0.25) is 0 Å². The van der Waals surface area contributed by atoms with Crippen LogP contribution >= 0.6 is 11.8 Å². The Labute approximate surface area is 192 Å². The van der Waals surface area contributed by atoms with E-state index in [4.69, 9.17) is 0 Å². The molecule has 0 radical (unpaired) electrons. The summed E-state index contributed by atoms with van der Waals surface area (Å²) >= 11 is 1.03. The number of alkyl halides is 3. The molecule has 9 heteroatoms. The van der Waals surface area contributed by atoms with Crippen LogP contribution in [0.4, 0.5) is 18.9 Å². The minimum absolute atomic E-state index is 0.0509. The highest BCUT2D eigenvalue weighted by Gasteiger charge is 2.37. The zero-order valence-electron chi connectivity index (χ0n) is 18.0. The predicted molar refractivity (Wildman–Crippen MR) is 122 cm³/mol. The van der Waals surface area contributed by atoms with Gasteiger partial charge in [0.25, 0.3) is 5.56 Å². The van der Waals surface area contributed by atoms with Crippen molar-refractivity contribution in [2.24, 2.45) is 0 Å². The summed E-state index contributed by atoms with van der Waals surface area (Å²) in [5, 5.41) is 2.75. The third-order valence-corrected chi connectivity index (χ3v) is 6.82. The molecule has 172 valence electrons. The molecule has 1 aliphatic carbocycles. The topological polar surface area (TPSA) is 74.8 Å². The first-order chi connectivity index (χ1) is 15.6. The van der Waals surface area contributed by atoms with Crippen molar-refractivity contribution in [3.8, 4) is 11.3 Å². The second-order valence-corrected chi connectivity index (χ2v) is 9.22. The molecule has 5 nitrogen and oxygen atoms in total. The van der Waals surface area contributed by atoms with Crippen molar-refractivity contribution in [1.29, 1.82) is 0 Å². The number of carbonyl (C=O) groups is 1. The molecule has 0 saturated heterocycles. The molecule has 0 aliphatic heterocycles. The van der Waals surface area contributed by atoms with Crippen LogP contribution in [0.15, 0.2) is 58.5 Å². The number of halogens is 3. The standard InChI is InChI=1S/C24H22F3N3O2S/c1-3-23(2)12-14-7-4-5-10-17(14)20-19(23)21(32)30-22(29-20)33-13-18(31)28-16-9-6-8-15(11-16)24(25,26)27/h4-11H,3,12-13H2,1-2H3,(H,28,31)(H,29,30,32)/t23-/m0/s1. The molecular formula is C24H22F3N3O2S. The van der Waals surface area contributed by atoms with Gasteiger partial charge in [0, 0.05) is 22.2 Å². The molecule has 3 aromatic rings. The molecule has 1 aromatic heterocycles. The first-order valence-electron chi connectivity index (χ1n) is 10.4. The molecule has 1 atom stereocenters. The number of carbonyl (C=O) groups excluding carboxylic acids is 1. The molecule has 0 saturated carbocycles. The van der Waals surface area contributed by atoms with E-state index in [0.717, 1.165) is 47.9 Å². The van der Waals surface area contributed by atoms with Crippen LogP contribution in [0.25, 0.3) is 11.3 Å². The van der Waals surface area contributed by atoms with E-state index < -0.39 is 17.6 Å². The predicted octanol–water partition coefficient (Wildman–Crippen LogP) is 5.41. The summed E-state index contributed by atoms with van der Waals surface area (Å²) in [5.41, 5.74) is 1.90. The van der Waals surface area contributed by atoms with Crippen molar-refractivity contribution < 1.29 is 18.0 Å². The number of hydrogen-bond acceptors (Lipinski definition) is 4. The second-order valence-electron chi connectivity index (χ2n) is 8.26. The highest BCUT2D eigenvalue weighted by molar-refractivity contribution is 7.99. The van der Waals surface area contributed by atoms with Crippen LogP contribution in [-0.4, -0.2) is 21.6 Å².